The van der Waals surface area contributed by atoms with Gasteiger partial charge in [0.15, 0.2) is 17.6 Å². The Morgan fingerprint density at radius 1 is 1.43 bits per heavy atom. The molecule has 1 amide bonds. The summed E-state index contributed by atoms with van der Waals surface area (Å²) < 4.78 is 10.8. The second-order valence-corrected chi connectivity index (χ2v) is 5.90. The first-order valence-electron chi connectivity index (χ1n) is 7.47. The van der Waals surface area contributed by atoms with Gasteiger partial charge in [0.2, 0.25) is 0 Å². The summed E-state index contributed by atoms with van der Waals surface area (Å²) in [6.07, 6.45) is 1.93. The summed E-state index contributed by atoms with van der Waals surface area (Å²) in [6.45, 7) is 5.76. The summed E-state index contributed by atoms with van der Waals surface area (Å²) in [5.74, 6) is 0.0106. The number of aromatic nitrogens is 1. The van der Waals surface area contributed by atoms with Gasteiger partial charge in [-0.15, -0.1) is 0 Å². The zero-order valence-corrected chi connectivity index (χ0v) is 13.2. The Bertz CT molecular complexity index is 758. The molecule has 2 aromatic rings. The monoisotopic (exact) mass is 318 g/mol. The molecule has 1 aliphatic rings. The van der Waals surface area contributed by atoms with Gasteiger partial charge >= 0.3 is 5.97 Å². The van der Waals surface area contributed by atoms with E-state index >= 15 is 0 Å². The summed E-state index contributed by atoms with van der Waals surface area (Å²) in [4.78, 5) is 30.1. The van der Waals surface area contributed by atoms with E-state index in [2.05, 4.69) is 4.98 Å². The average molecular weight is 318 g/mol. The lowest BCUT2D eigenvalue weighted by molar-refractivity contribution is -0.143. The molecule has 2 aromatic heterocycles. The Kier molecular flexibility index (Phi) is 3.71. The molecule has 1 unspecified atom stereocenters. The fraction of sp³-hybridized carbons (Fsp3) is 0.438. The molecule has 1 aliphatic heterocycles. The second kappa shape index (κ2) is 5.57. The Morgan fingerprint density at radius 3 is 2.78 bits per heavy atom. The van der Waals surface area contributed by atoms with Gasteiger partial charge in [-0.2, -0.15) is 0 Å². The number of carboxylic acid groups (broad SMARTS) is 1. The van der Waals surface area contributed by atoms with Crippen LogP contribution in [0.3, 0.4) is 0 Å². The molecule has 23 heavy (non-hydrogen) atoms. The maximum atomic E-state index is 12.8. The molecule has 0 aliphatic carbocycles. The fourth-order valence-electron chi connectivity index (χ4n) is 2.80. The molecule has 0 fully saturated rings. The Hall–Kier alpha value is -2.57. The molecule has 1 N–H and O–H groups in total. The lowest BCUT2D eigenvalue weighted by atomic mass is 9.99. The molecule has 0 saturated heterocycles. The summed E-state index contributed by atoms with van der Waals surface area (Å²) >= 11 is 0. The number of rotatable bonds is 3. The van der Waals surface area contributed by atoms with Crippen molar-refractivity contribution >= 4 is 11.9 Å². The topological polar surface area (TPSA) is 96.8 Å². The molecule has 0 spiro atoms. The van der Waals surface area contributed by atoms with Crippen molar-refractivity contribution in [2.45, 2.75) is 39.2 Å². The molecule has 1 atom stereocenters. The summed E-state index contributed by atoms with van der Waals surface area (Å²) in [7, 11) is 0. The average Bonchev–Trinajstić information content (AvgIpc) is 3.11. The van der Waals surface area contributed by atoms with Gasteiger partial charge in [-0.25, -0.2) is 9.78 Å². The van der Waals surface area contributed by atoms with Crippen LogP contribution in [0.1, 0.15) is 59.3 Å². The van der Waals surface area contributed by atoms with Gasteiger partial charge in [0.25, 0.3) is 5.91 Å². The number of hydrogen-bond donors (Lipinski definition) is 1. The second-order valence-electron chi connectivity index (χ2n) is 5.90. The van der Waals surface area contributed by atoms with E-state index in [1.807, 2.05) is 13.8 Å². The fourth-order valence-corrected chi connectivity index (χ4v) is 2.80. The Balaban J connectivity index is 1.97. The van der Waals surface area contributed by atoms with Crippen molar-refractivity contribution in [1.82, 2.24) is 9.88 Å². The first kappa shape index (κ1) is 15.3. The highest BCUT2D eigenvalue weighted by molar-refractivity contribution is 5.96. The molecule has 7 nitrogen and oxygen atoms in total. The van der Waals surface area contributed by atoms with Crippen LogP contribution in [0.5, 0.6) is 0 Å². The van der Waals surface area contributed by atoms with E-state index in [1.54, 1.807) is 13.0 Å². The van der Waals surface area contributed by atoms with Gasteiger partial charge in [-0.3, -0.25) is 4.79 Å². The van der Waals surface area contributed by atoms with E-state index in [0.29, 0.717) is 29.4 Å². The van der Waals surface area contributed by atoms with Gasteiger partial charge < -0.3 is 18.8 Å². The number of aliphatic carboxylic acids is 1. The normalized spacial score (nSPS) is 17.4. The number of amides is 1. The van der Waals surface area contributed by atoms with Crippen molar-refractivity contribution in [2.75, 3.05) is 6.54 Å². The van der Waals surface area contributed by atoms with Gasteiger partial charge in [0.05, 0.1) is 6.26 Å². The number of nitrogens with zero attached hydrogens (tertiary/aromatic N) is 2. The van der Waals surface area contributed by atoms with E-state index in [-0.39, 0.29) is 18.2 Å². The van der Waals surface area contributed by atoms with Crippen LogP contribution in [-0.4, -0.2) is 33.4 Å². The highest BCUT2D eigenvalue weighted by atomic mass is 16.4. The standard InChI is InChI=1S/C16H18N2O5/c1-8(2)14-17-12(9(3)23-14)15(19)18-6-4-11-10(5-7-22-11)13(18)16(20)21/h5,7-8,13H,4,6H2,1-3H3,(H,20,21). The lowest BCUT2D eigenvalue weighted by Crippen LogP contribution is -2.43. The predicted octanol–water partition coefficient (Wildman–Crippen LogP) is 2.52. The third kappa shape index (κ3) is 2.52. The third-order valence-corrected chi connectivity index (χ3v) is 3.97. The van der Waals surface area contributed by atoms with Crippen LogP contribution in [0.15, 0.2) is 21.2 Å². The zero-order chi connectivity index (χ0) is 16.7. The molecular weight excluding hydrogens is 300 g/mol. The van der Waals surface area contributed by atoms with Crippen molar-refractivity contribution in [3.8, 4) is 0 Å². The maximum absolute atomic E-state index is 12.8. The van der Waals surface area contributed by atoms with E-state index in [4.69, 9.17) is 8.83 Å². The quantitative estimate of drug-likeness (QED) is 0.934. The Labute approximate surface area is 132 Å². The van der Waals surface area contributed by atoms with Crippen molar-refractivity contribution in [3.63, 3.8) is 0 Å². The number of aryl methyl sites for hydroxylation is 1. The van der Waals surface area contributed by atoms with E-state index < -0.39 is 17.9 Å². The van der Waals surface area contributed by atoms with Crippen LogP contribution in [-0.2, 0) is 11.2 Å². The number of furan rings is 1. The minimum atomic E-state index is -1.09. The summed E-state index contributed by atoms with van der Waals surface area (Å²) in [5.41, 5.74) is 0.689. The summed E-state index contributed by atoms with van der Waals surface area (Å²) in [6, 6.07) is 0.534. The number of hydrogen-bond acceptors (Lipinski definition) is 5. The molecule has 3 rings (SSSR count). The predicted molar refractivity (Wildman–Crippen MR) is 79.2 cm³/mol. The van der Waals surface area contributed by atoms with E-state index in [9.17, 15) is 14.7 Å². The number of carboxylic acids is 1. The van der Waals surface area contributed by atoms with Gasteiger partial charge in [-0.1, -0.05) is 13.8 Å². The smallest absolute Gasteiger partial charge is 0.331 e. The molecule has 0 bridgehead atoms. The van der Waals surface area contributed by atoms with E-state index in [1.165, 1.54) is 11.2 Å². The maximum Gasteiger partial charge on any atom is 0.331 e. The zero-order valence-electron chi connectivity index (χ0n) is 13.2. The van der Waals surface area contributed by atoms with Crippen LogP contribution in [0.2, 0.25) is 0 Å². The lowest BCUT2D eigenvalue weighted by Gasteiger charge is -2.31. The van der Waals surface area contributed by atoms with Crippen LogP contribution < -0.4 is 0 Å². The van der Waals surface area contributed by atoms with Crippen molar-refractivity contribution in [2.24, 2.45) is 0 Å². The van der Waals surface area contributed by atoms with Gasteiger partial charge in [0.1, 0.15) is 11.5 Å². The highest BCUT2D eigenvalue weighted by Gasteiger charge is 2.39. The molecule has 3 heterocycles. The highest BCUT2D eigenvalue weighted by Crippen LogP contribution is 2.32. The van der Waals surface area contributed by atoms with Crippen molar-refractivity contribution in [3.05, 3.63) is 41.0 Å². The van der Waals surface area contributed by atoms with Crippen LogP contribution in [0.4, 0.5) is 0 Å². The minimum Gasteiger partial charge on any atom is -0.479 e. The first-order chi connectivity index (χ1) is 10.9. The third-order valence-electron chi connectivity index (χ3n) is 3.97. The van der Waals surface area contributed by atoms with E-state index in [0.717, 1.165) is 0 Å². The molecule has 0 aromatic carbocycles. The Morgan fingerprint density at radius 2 is 2.17 bits per heavy atom. The number of oxazole rings is 1. The molecule has 7 heteroatoms. The van der Waals surface area contributed by atoms with Crippen LogP contribution in [0.25, 0.3) is 0 Å². The van der Waals surface area contributed by atoms with Crippen molar-refractivity contribution in [1.29, 1.82) is 0 Å². The van der Waals surface area contributed by atoms with Gasteiger partial charge in [0, 0.05) is 24.4 Å². The van der Waals surface area contributed by atoms with Crippen LogP contribution in [0, 0.1) is 6.92 Å². The summed E-state index contributed by atoms with van der Waals surface area (Å²) in [5, 5.41) is 9.55. The number of fused-ring (bicyclic) bond motifs is 1. The first-order valence-corrected chi connectivity index (χ1v) is 7.47. The molecular formula is C16H18N2O5. The van der Waals surface area contributed by atoms with Crippen molar-refractivity contribution < 1.29 is 23.5 Å². The van der Waals surface area contributed by atoms with Crippen LogP contribution >= 0.6 is 0 Å². The largest absolute Gasteiger partial charge is 0.479 e. The molecule has 122 valence electrons. The number of carbonyl (C=O) groups is 2. The number of carbonyl (C=O) groups excluding carboxylic acids is 1. The molecule has 0 saturated carbocycles. The minimum absolute atomic E-state index is 0.0485. The molecule has 0 radical (unpaired) electrons. The van der Waals surface area contributed by atoms with Gasteiger partial charge in [-0.05, 0) is 13.0 Å². The SMILES string of the molecule is Cc1oc(C(C)C)nc1C(=O)N1CCc2occc2C1C(=O)O.